The van der Waals surface area contributed by atoms with Gasteiger partial charge in [-0.05, 0) is 18.2 Å². The zero-order valence-electron chi connectivity index (χ0n) is 16.7. The molecular weight excluding hydrogens is 396 g/mol. The van der Waals surface area contributed by atoms with Gasteiger partial charge >= 0.3 is 0 Å². The summed E-state index contributed by atoms with van der Waals surface area (Å²) in [6, 6.07) is 6.10. The summed E-state index contributed by atoms with van der Waals surface area (Å²) in [6.07, 6.45) is 0. The molecule has 9 nitrogen and oxygen atoms in total. The highest BCUT2D eigenvalue weighted by molar-refractivity contribution is 7.89. The van der Waals surface area contributed by atoms with Gasteiger partial charge in [0, 0.05) is 64.8 Å². The molecule has 10 heteroatoms. The van der Waals surface area contributed by atoms with Crippen LogP contribution in [0.25, 0.3) is 0 Å². The molecule has 0 radical (unpaired) electrons. The maximum Gasteiger partial charge on any atom is 0.251 e. The third kappa shape index (κ3) is 5.53. The predicted molar refractivity (Wildman–Crippen MR) is 107 cm³/mol. The number of carbonyl (C=O) groups excluding carboxylic acids is 2. The van der Waals surface area contributed by atoms with Crippen LogP contribution in [0.2, 0.25) is 0 Å². The van der Waals surface area contributed by atoms with E-state index in [0.29, 0.717) is 38.4 Å². The Bertz CT molecular complexity index is 831. The number of sulfonamides is 1. The number of rotatable bonds is 6. The molecule has 0 aliphatic carbocycles. The first kappa shape index (κ1) is 21.7. The van der Waals surface area contributed by atoms with Crippen LogP contribution in [0.3, 0.4) is 0 Å². The number of ether oxygens (including phenoxy) is 1. The van der Waals surface area contributed by atoms with E-state index in [1.807, 2.05) is 0 Å². The van der Waals surface area contributed by atoms with Crippen molar-refractivity contribution in [1.29, 1.82) is 0 Å². The number of morpholine rings is 1. The Hall–Kier alpha value is -2.01. The van der Waals surface area contributed by atoms with Gasteiger partial charge in [-0.15, -0.1) is 0 Å². The lowest BCUT2D eigenvalue weighted by molar-refractivity contribution is -0.129. The van der Waals surface area contributed by atoms with Gasteiger partial charge in [0.1, 0.15) is 0 Å². The Morgan fingerprint density at radius 1 is 1.07 bits per heavy atom. The molecule has 0 bridgehead atoms. The Balaban J connectivity index is 1.59. The van der Waals surface area contributed by atoms with E-state index in [1.54, 1.807) is 17.0 Å². The summed E-state index contributed by atoms with van der Waals surface area (Å²) in [4.78, 5) is 27.8. The number of hydrogen-bond donors (Lipinski definition) is 1. The molecule has 1 aromatic carbocycles. The van der Waals surface area contributed by atoms with Gasteiger partial charge in [0.25, 0.3) is 5.91 Å². The first-order valence-electron chi connectivity index (χ1n) is 9.82. The molecule has 0 spiro atoms. The second-order valence-electron chi connectivity index (χ2n) is 7.15. The average Bonchev–Trinajstić information content (AvgIpc) is 2.74. The van der Waals surface area contributed by atoms with Gasteiger partial charge in [0.15, 0.2) is 0 Å². The SMILES string of the molecule is CC(=O)N1CCN(S(=O)(=O)c2cccc(C(=O)NCCN3CCOCC3)c2)CC1. The van der Waals surface area contributed by atoms with Crippen LogP contribution in [-0.4, -0.2) is 99.9 Å². The van der Waals surface area contributed by atoms with Crippen LogP contribution in [-0.2, 0) is 19.6 Å². The van der Waals surface area contributed by atoms with E-state index >= 15 is 0 Å². The summed E-state index contributed by atoms with van der Waals surface area (Å²) in [5, 5.41) is 2.85. The van der Waals surface area contributed by atoms with E-state index in [1.165, 1.54) is 23.4 Å². The van der Waals surface area contributed by atoms with Gasteiger partial charge in [0.05, 0.1) is 18.1 Å². The normalized spacial score (nSPS) is 19.1. The number of carbonyl (C=O) groups is 2. The van der Waals surface area contributed by atoms with Crippen molar-refractivity contribution < 1.29 is 22.7 Å². The first-order chi connectivity index (χ1) is 13.9. The van der Waals surface area contributed by atoms with Gasteiger partial charge < -0.3 is 15.0 Å². The molecular formula is C19H28N4O5S. The second kappa shape index (κ2) is 9.66. The minimum atomic E-state index is -3.71. The molecule has 2 fully saturated rings. The van der Waals surface area contributed by atoms with Gasteiger partial charge in [-0.2, -0.15) is 4.31 Å². The standard InChI is InChI=1S/C19H28N4O5S/c1-16(24)22-7-9-23(10-8-22)29(26,27)18-4-2-3-17(15-18)19(25)20-5-6-21-11-13-28-14-12-21/h2-4,15H,5-14H2,1H3,(H,20,25). The van der Waals surface area contributed by atoms with Crippen LogP contribution in [0.1, 0.15) is 17.3 Å². The lowest BCUT2D eigenvalue weighted by atomic mass is 10.2. The molecule has 3 rings (SSSR count). The van der Waals surface area contributed by atoms with E-state index in [-0.39, 0.29) is 29.8 Å². The van der Waals surface area contributed by atoms with Crippen LogP contribution < -0.4 is 5.32 Å². The fourth-order valence-electron chi connectivity index (χ4n) is 3.44. The van der Waals surface area contributed by atoms with E-state index in [9.17, 15) is 18.0 Å². The monoisotopic (exact) mass is 424 g/mol. The fourth-order valence-corrected chi connectivity index (χ4v) is 4.91. The Morgan fingerprint density at radius 3 is 2.41 bits per heavy atom. The Morgan fingerprint density at radius 2 is 1.76 bits per heavy atom. The highest BCUT2D eigenvalue weighted by Gasteiger charge is 2.29. The van der Waals surface area contributed by atoms with Gasteiger partial charge in [-0.1, -0.05) is 6.07 Å². The van der Waals surface area contributed by atoms with Crippen LogP contribution in [0.4, 0.5) is 0 Å². The third-order valence-electron chi connectivity index (χ3n) is 5.24. The maximum absolute atomic E-state index is 12.9. The molecule has 2 aliphatic heterocycles. The summed E-state index contributed by atoms with van der Waals surface area (Å²) in [6.45, 7) is 7.04. The number of nitrogens with zero attached hydrogens (tertiary/aromatic N) is 3. The first-order valence-corrected chi connectivity index (χ1v) is 11.3. The summed E-state index contributed by atoms with van der Waals surface area (Å²) < 4.78 is 32.5. The molecule has 0 aromatic heterocycles. The number of piperazine rings is 1. The maximum atomic E-state index is 12.9. The van der Waals surface area contributed by atoms with Crippen LogP contribution in [0.5, 0.6) is 0 Å². The predicted octanol–water partition coefficient (Wildman–Crippen LogP) is -0.399. The van der Waals surface area contributed by atoms with Gasteiger partial charge in [-0.25, -0.2) is 8.42 Å². The molecule has 2 saturated heterocycles. The van der Waals surface area contributed by atoms with E-state index in [0.717, 1.165) is 19.6 Å². The Kier molecular flexibility index (Phi) is 7.23. The van der Waals surface area contributed by atoms with Crippen LogP contribution >= 0.6 is 0 Å². The van der Waals surface area contributed by atoms with Crippen molar-refractivity contribution in [1.82, 2.24) is 19.4 Å². The van der Waals surface area contributed by atoms with Crippen molar-refractivity contribution in [2.75, 3.05) is 65.6 Å². The second-order valence-corrected chi connectivity index (χ2v) is 9.09. The number of nitrogens with one attached hydrogen (secondary N) is 1. The van der Waals surface area contributed by atoms with Crippen LogP contribution in [0.15, 0.2) is 29.2 Å². The van der Waals surface area contributed by atoms with E-state index in [2.05, 4.69) is 10.2 Å². The molecule has 0 saturated carbocycles. The molecule has 2 aliphatic rings. The van der Waals surface area contributed by atoms with Crippen molar-refractivity contribution >= 4 is 21.8 Å². The molecule has 2 amide bonds. The molecule has 29 heavy (non-hydrogen) atoms. The summed E-state index contributed by atoms with van der Waals surface area (Å²) in [5.74, 6) is -0.352. The smallest absolute Gasteiger partial charge is 0.251 e. The zero-order valence-corrected chi connectivity index (χ0v) is 17.5. The molecule has 0 unspecified atom stereocenters. The summed E-state index contributed by atoms with van der Waals surface area (Å²) in [5.41, 5.74) is 0.315. The quantitative estimate of drug-likeness (QED) is 0.667. The van der Waals surface area contributed by atoms with Crippen molar-refractivity contribution in [3.8, 4) is 0 Å². The molecule has 2 heterocycles. The van der Waals surface area contributed by atoms with Crippen LogP contribution in [0, 0.1) is 0 Å². The highest BCUT2D eigenvalue weighted by atomic mass is 32.2. The Labute approximate surface area is 171 Å². The van der Waals surface area contributed by atoms with Gasteiger partial charge in [-0.3, -0.25) is 14.5 Å². The molecule has 160 valence electrons. The number of hydrogen-bond acceptors (Lipinski definition) is 6. The summed E-state index contributed by atoms with van der Waals surface area (Å²) >= 11 is 0. The van der Waals surface area contributed by atoms with Gasteiger partial charge in [0.2, 0.25) is 15.9 Å². The van der Waals surface area contributed by atoms with E-state index in [4.69, 9.17) is 4.74 Å². The van der Waals surface area contributed by atoms with Crippen molar-refractivity contribution in [2.45, 2.75) is 11.8 Å². The zero-order chi connectivity index (χ0) is 20.9. The molecule has 1 aromatic rings. The fraction of sp³-hybridized carbons (Fsp3) is 0.579. The topological polar surface area (TPSA) is 99.3 Å². The largest absolute Gasteiger partial charge is 0.379 e. The minimum absolute atomic E-state index is 0.0576. The van der Waals surface area contributed by atoms with Crippen molar-refractivity contribution in [2.24, 2.45) is 0 Å². The third-order valence-corrected chi connectivity index (χ3v) is 7.13. The van der Waals surface area contributed by atoms with Crippen molar-refractivity contribution in [3.05, 3.63) is 29.8 Å². The lowest BCUT2D eigenvalue weighted by Gasteiger charge is -2.33. The lowest BCUT2D eigenvalue weighted by Crippen LogP contribution is -2.49. The highest BCUT2D eigenvalue weighted by Crippen LogP contribution is 2.19. The summed E-state index contributed by atoms with van der Waals surface area (Å²) in [7, 11) is -3.71. The molecule has 1 N–H and O–H groups in total. The number of amides is 2. The minimum Gasteiger partial charge on any atom is -0.379 e. The number of benzene rings is 1. The van der Waals surface area contributed by atoms with Crippen molar-refractivity contribution in [3.63, 3.8) is 0 Å². The molecule has 0 atom stereocenters. The average molecular weight is 425 g/mol. The van der Waals surface area contributed by atoms with E-state index < -0.39 is 10.0 Å².